The summed E-state index contributed by atoms with van der Waals surface area (Å²) in [4.78, 5) is 13.6. The van der Waals surface area contributed by atoms with E-state index in [9.17, 15) is 4.79 Å². The molecule has 0 aliphatic carbocycles. The summed E-state index contributed by atoms with van der Waals surface area (Å²) in [5.74, 6) is -0.425. The molecule has 0 aliphatic rings. The lowest BCUT2D eigenvalue weighted by atomic mass is 10.0. The van der Waals surface area contributed by atoms with Crippen LogP contribution in [0.3, 0.4) is 0 Å². The molecule has 136 valence electrons. The number of rotatable bonds is 5. The highest BCUT2D eigenvalue weighted by atomic mass is 32.1. The molecule has 2 heterocycles. The van der Waals surface area contributed by atoms with Crippen LogP contribution in [0, 0.1) is 6.92 Å². The molecule has 4 aromatic rings. The first-order valence-corrected chi connectivity index (χ1v) is 9.37. The van der Waals surface area contributed by atoms with Gasteiger partial charge in [-0.3, -0.25) is 4.79 Å². The minimum atomic E-state index is -0.425. The van der Waals surface area contributed by atoms with Crippen molar-refractivity contribution in [3.63, 3.8) is 0 Å². The Bertz CT molecular complexity index is 1110. The number of benzene rings is 2. The fraction of sp³-hybridized carbons (Fsp3) is 0.143. The number of ether oxygens (including phenoxy) is 1. The second-order valence-electron chi connectivity index (χ2n) is 6.31. The van der Waals surface area contributed by atoms with Gasteiger partial charge in [-0.25, -0.2) is 4.68 Å². The molecular formula is C21H19N3O2S. The second-order valence-corrected chi connectivity index (χ2v) is 7.31. The van der Waals surface area contributed by atoms with Gasteiger partial charge in [-0.1, -0.05) is 42.5 Å². The van der Waals surface area contributed by atoms with Crippen LogP contribution in [-0.2, 0) is 11.3 Å². The van der Waals surface area contributed by atoms with Crippen molar-refractivity contribution >= 4 is 27.5 Å². The predicted molar refractivity (Wildman–Crippen MR) is 108 cm³/mol. The molecule has 2 N–H and O–H groups in total. The molecule has 6 heteroatoms. The van der Waals surface area contributed by atoms with Gasteiger partial charge in [0.25, 0.3) is 5.91 Å². The Hall–Kier alpha value is -2.96. The third-order valence-electron chi connectivity index (χ3n) is 4.47. The Morgan fingerprint density at radius 3 is 2.48 bits per heavy atom. The number of nitrogens with zero attached hydrogens (tertiary/aromatic N) is 2. The number of hydrogen-bond donors (Lipinski definition) is 1. The number of carbonyl (C=O) groups excluding carboxylic acids is 1. The first-order valence-electron chi connectivity index (χ1n) is 8.55. The lowest BCUT2D eigenvalue weighted by Gasteiger charge is -2.05. The topological polar surface area (TPSA) is 70.1 Å². The van der Waals surface area contributed by atoms with Gasteiger partial charge in [-0.05, 0) is 30.2 Å². The molecule has 1 amide bonds. The molecule has 0 atom stereocenters. The number of methoxy groups -OCH3 is 1. The summed E-state index contributed by atoms with van der Waals surface area (Å²) in [6, 6.07) is 17.9. The van der Waals surface area contributed by atoms with Gasteiger partial charge in [-0.2, -0.15) is 5.10 Å². The van der Waals surface area contributed by atoms with E-state index in [1.165, 1.54) is 11.3 Å². The van der Waals surface area contributed by atoms with E-state index in [2.05, 4.69) is 0 Å². The van der Waals surface area contributed by atoms with E-state index in [4.69, 9.17) is 15.6 Å². The van der Waals surface area contributed by atoms with E-state index in [1.54, 1.807) is 7.11 Å². The maximum atomic E-state index is 12.2. The van der Waals surface area contributed by atoms with Crippen molar-refractivity contribution in [2.75, 3.05) is 7.11 Å². The van der Waals surface area contributed by atoms with Crippen LogP contribution in [0.4, 0.5) is 0 Å². The normalized spacial score (nSPS) is 11.2. The number of aromatic nitrogens is 2. The highest BCUT2D eigenvalue weighted by Crippen LogP contribution is 2.41. The fourth-order valence-corrected chi connectivity index (χ4v) is 4.48. The van der Waals surface area contributed by atoms with E-state index < -0.39 is 5.91 Å². The van der Waals surface area contributed by atoms with E-state index in [0.717, 1.165) is 38.3 Å². The fourth-order valence-electron chi connectivity index (χ4n) is 3.28. The summed E-state index contributed by atoms with van der Waals surface area (Å²) < 4.78 is 7.06. The number of primary amides is 1. The summed E-state index contributed by atoms with van der Waals surface area (Å²) in [5.41, 5.74) is 10.4. The van der Waals surface area contributed by atoms with Gasteiger partial charge < -0.3 is 10.5 Å². The van der Waals surface area contributed by atoms with Crippen molar-refractivity contribution in [3.05, 3.63) is 70.7 Å². The largest absolute Gasteiger partial charge is 0.380 e. The Morgan fingerprint density at radius 2 is 1.85 bits per heavy atom. The van der Waals surface area contributed by atoms with Gasteiger partial charge in [0, 0.05) is 18.1 Å². The lowest BCUT2D eigenvalue weighted by Crippen LogP contribution is -2.10. The minimum absolute atomic E-state index is 0.425. The molecule has 0 fully saturated rings. The number of aryl methyl sites for hydroxylation is 1. The van der Waals surface area contributed by atoms with Crippen molar-refractivity contribution in [2.45, 2.75) is 13.5 Å². The van der Waals surface area contributed by atoms with Crippen LogP contribution in [0.15, 0.2) is 54.6 Å². The second kappa shape index (κ2) is 6.98. The molecule has 4 rings (SSSR count). The molecule has 2 aromatic heterocycles. The first kappa shape index (κ1) is 17.5. The zero-order valence-electron chi connectivity index (χ0n) is 15.1. The highest BCUT2D eigenvalue weighted by molar-refractivity contribution is 7.21. The Labute approximate surface area is 161 Å². The molecule has 0 bridgehead atoms. The number of carbonyl (C=O) groups is 1. The Morgan fingerprint density at radius 1 is 1.15 bits per heavy atom. The maximum absolute atomic E-state index is 12.2. The number of thiophene rings is 1. The molecule has 5 nitrogen and oxygen atoms in total. The Kier molecular flexibility index (Phi) is 4.51. The molecular weight excluding hydrogens is 358 g/mol. The van der Waals surface area contributed by atoms with Gasteiger partial charge in [0.05, 0.1) is 18.0 Å². The molecule has 0 radical (unpaired) electrons. The van der Waals surface area contributed by atoms with Crippen molar-refractivity contribution in [3.8, 4) is 16.8 Å². The van der Waals surface area contributed by atoms with Crippen LogP contribution in [0.5, 0.6) is 0 Å². The molecule has 2 aromatic carbocycles. The molecule has 0 aliphatic heterocycles. The third kappa shape index (κ3) is 3.03. The molecule has 0 unspecified atom stereocenters. The quantitative estimate of drug-likeness (QED) is 0.563. The van der Waals surface area contributed by atoms with Crippen LogP contribution in [0.2, 0.25) is 0 Å². The van der Waals surface area contributed by atoms with Crippen LogP contribution in [-0.4, -0.2) is 22.8 Å². The molecule has 27 heavy (non-hydrogen) atoms. The smallest absolute Gasteiger partial charge is 0.259 e. The van der Waals surface area contributed by atoms with Gasteiger partial charge in [-0.15, -0.1) is 11.3 Å². The molecule has 0 saturated carbocycles. The number of hydrogen-bond acceptors (Lipinski definition) is 4. The summed E-state index contributed by atoms with van der Waals surface area (Å²) in [7, 11) is 1.67. The zero-order valence-corrected chi connectivity index (χ0v) is 15.9. The van der Waals surface area contributed by atoms with Gasteiger partial charge in [0.1, 0.15) is 9.71 Å². The molecule has 0 saturated heterocycles. The van der Waals surface area contributed by atoms with Gasteiger partial charge in [0.15, 0.2) is 0 Å². The average molecular weight is 377 g/mol. The highest BCUT2D eigenvalue weighted by Gasteiger charge is 2.23. The van der Waals surface area contributed by atoms with E-state index in [0.29, 0.717) is 11.5 Å². The van der Waals surface area contributed by atoms with Crippen molar-refractivity contribution in [1.82, 2.24) is 9.78 Å². The van der Waals surface area contributed by atoms with Crippen molar-refractivity contribution < 1.29 is 9.53 Å². The van der Waals surface area contributed by atoms with Crippen LogP contribution in [0.25, 0.3) is 27.0 Å². The number of fused-ring (bicyclic) bond motifs is 1. The SMILES string of the molecule is COCc1ccc(-c2c(C(N)=O)sc3c2c(C)nn3-c2ccccc2)cc1. The van der Waals surface area contributed by atoms with Crippen LogP contribution >= 0.6 is 11.3 Å². The van der Waals surface area contributed by atoms with E-state index in [1.807, 2.05) is 66.2 Å². The average Bonchev–Trinajstić information content (AvgIpc) is 3.22. The van der Waals surface area contributed by atoms with E-state index >= 15 is 0 Å². The van der Waals surface area contributed by atoms with Crippen molar-refractivity contribution in [1.29, 1.82) is 0 Å². The number of amides is 1. The number of para-hydroxylation sites is 1. The van der Waals surface area contributed by atoms with Crippen LogP contribution in [0.1, 0.15) is 20.9 Å². The standard InChI is InChI=1S/C21H19N3O2S/c1-13-17-18(15-10-8-14(9-11-15)12-26-2)19(20(22)25)27-21(17)24(23-13)16-6-4-3-5-7-16/h3-11H,12H2,1-2H3,(H2,22,25). The third-order valence-corrected chi connectivity index (χ3v) is 5.65. The minimum Gasteiger partial charge on any atom is -0.380 e. The number of nitrogens with two attached hydrogens (primary N) is 1. The van der Waals surface area contributed by atoms with Gasteiger partial charge >= 0.3 is 0 Å². The Balaban J connectivity index is 1.95. The summed E-state index contributed by atoms with van der Waals surface area (Å²) in [6.07, 6.45) is 0. The van der Waals surface area contributed by atoms with Crippen LogP contribution < -0.4 is 5.73 Å². The maximum Gasteiger partial charge on any atom is 0.259 e. The predicted octanol–water partition coefficient (Wildman–Crippen LogP) is 4.31. The zero-order chi connectivity index (χ0) is 19.0. The van der Waals surface area contributed by atoms with Gasteiger partial charge in [0.2, 0.25) is 0 Å². The van der Waals surface area contributed by atoms with Crippen molar-refractivity contribution in [2.24, 2.45) is 5.73 Å². The molecule has 0 spiro atoms. The summed E-state index contributed by atoms with van der Waals surface area (Å²) in [5, 5.41) is 5.68. The van der Waals surface area contributed by atoms with E-state index in [-0.39, 0.29) is 0 Å². The summed E-state index contributed by atoms with van der Waals surface area (Å²) >= 11 is 1.38. The lowest BCUT2D eigenvalue weighted by molar-refractivity contribution is 0.100. The monoisotopic (exact) mass is 377 g/mol. The summed E-state index contributed by atoms with van der Waals surface area (Å²) in [6.45, 7) is 2.51. The first-order chi connectivity index (χ1) is 13.1.